The minimum Gasteiger partial charge on any atom is -0.349 e. The Balaban J connectivity index is 1.92. The molecule has 3 N–H and O–H groups in total. The number of amides is 1. The first kappa shape index (κ1) is 16.4. The standard InChI is InChI=1S/C15H21N5OS/c1-4-13(12-7-5-10(2)6-8-12)17-14(21)9-22-15-19-18-11(3)20(15)16/h5-8,13H,4,9,16H2,1-3H3,(H,17,21)/t13-/m1/s1. The zero-order valence-corrected chi connectivity index (χ0v) is 13.9. The van der Waals surface area contributed by atoms with Gasteiger partial charge in [0, 0.05) is 0 Å². The fourth-order valence-electron chi connectivity index (χ4n) is 2.03. The molecule has 0 saturated carbocycles. The second-order valence-corrected chi connectivity index (χ2v) is 6.07. The third-order valence-electron chi connectivity index (χ3n) is 3.39. The molecule has 6 nitrogen and oxygen atoms in total. The van der Waals surface area contributed by atoms with E-state index in [4.69, 9.17) is 5.84 Å². The van der Waals surface area contributed by atoms with Crippen LogP contribution in [0.5, 0.6) is 0 Å². The molecule has 1 heterocycles. The Hall–Kier alpha value is -2.02. The van der Waals surface area contributed by atoms with Crippen LogP contribution in [0.2, 0.25) is 0 Å². The molecule has 2 rings (SSSR count). The number of carbonyl (C=O) groups excluding carboxylic acids is 1. The summed E-state index contributed by atoms with van der Waals surface area (Å²) in [6.45, 7) is 5.87. The molecule has 1 aromatic carbocycles. The minimum atomic E-state index is -0.0434. The smallest absolute Gasteiger partial charge is 0.230 e. The molecule has 22 heavy (non-hydrogen) atoms. The van der Waals surface area contributed by atoms with Crippen molar-refractivity contribution in [2.75, 3.05) is 11.6 Å². The van der Waals surface area contributed by atoms with E-state index in [1.54, 1.807) is 6.92 Å². The van der Waals surface area contributed by atoms with Gasteiger partial charge in [-0.1, -0.05) is 48.5 Å². The summed E-state index contributed by atoms with van der Waals surface area (Å²) in [5.41, 5.74) is 2.32. The number of thioether (sulfide) groups is 1. The number of nitrogen functional groups attached to an aromatic ring is 1. The van der Waals surface area contributed by atoms with Crippen molar-refractivity contribution >= 4 is 17.7 Å². The van der Waals surface area contributed by atoms with E-state index in [2.05, 4.69) is 46.7 Å². The molecule has 0 spiro atoms. The summed E-state index contributed by atoms with van der Waals surface area (Å²) in [6.07, 6.45) is 0.839. The zero-order valence-electron chi connectivity index (χ0n) is 13.0. The molecule has 1 atom stereocenters. The van der Waals surface area contributed by atoms with Gasteiger partial charge in [-0.25, -0.2) is 4.68 Å². The molecule has 0 radical (unpaired) electrons. The van der Waals surface area contributed by atoms with Crippen LogP contribution >= 0.6 is 11.8 Å². The Morgan fingerprint density at radius 1 is 1.32 bits per heavy atom. The normalized spacial score (nSPS) is 12.1. The van der Waals surface area contributed by atoms with Gasteiger partial charge in [0.15, 0.2) is 0 Å². The molecule has 0 unspecified atom stereocenters. The van der Waals surface area contributed by atoms with Crippen molar-refractivity contribution in [3.05, 3.63) is 41.2 Å². The Kier molecular flexibility index (Phi) is 5.43. The van der Waals surface area contributed by atoms with Gasteiger partial charge in [0.2, 0.25) is 11.1 Å². The van der Waals surface area contributed by atoms with Crippen molar-refractivity contribution < 1.29 is 4.79 Å². The number of aryl methyl sites for hydroxylation is 2. The van der Waals surface area contributed by atoms with Gasteiger partial charge in [0.1, 0.15) is 5.82 Å². The summed E-state index contributed by atoms with van der Waals surface area (Å²) in [7, 11) is 0. The van der Waals surface area contributed by atoms with Crippen molar-refractivity contribution in [2.24, 2.45) is 0 Å². The van der Waals surface area contributed by atoms with Gasteiger partial charge in [-0.2, -0.15) is 0 Å². The maximum absolute atomic E-state index is 12.1. The van der Waals surface area contributed by atoms with E-state index in [-0.39, 0.29) is 17.7 Å². The van der Waals surface area contributed by atoms with Crippen LogP contribution in [-0.2, 0) is 4.79 Å². The lowest BCUT2D eigenvalue weighted by molar-refractivity contribution is -0.119. The topological polar surface area (TPSA) is 85.8 Å². The van der Waals surface area contributed by atoms with Gasteiger partial charge in [-0.15, -0.1) is 10.2 Å². The third kappa shape index (κ3) is 4.00. The van der Waals surface area contributed by atoms with E-state index in [9.17, 15) is 4.79 Å². The van der Waals surface area contributed by atoms with Gasteiger partial charge in [0.05, 0.1) is 11.8 Å². The van der Waals surface area contributed by atoms with Crippen LogP contribution in [0.15, 0.2) is 29.4 Å². The maximum Gasteiger partial charge on any atom is 0.230 e. The zero-order chi connectivity index (χ0) is 16.1. The molecule has 0 aliphatic rings. The van der Waals surface area contributed by atoms with Crippen molar-refractivity contribution in [3.63, 3.8) is 0 Å². The predicted octanol–water partition coefficient (Wildman–Crippen LogP) is 1.97. The molecule has 0 aliphatic heterocycles. The number of aromatic nitrogens is 3. The Labute approximate surface area is 134 Å². The molecule has 1 aromatic heterocycles. The Bertz CT molecular complexity index is 638. The summed E-state index contributed by atoms with van der Waals surface area (Å²) in [4.78, 5) is 12.1. The molecule has 0 bridgehead atoms. The number of rotatable bonds is 6. The number of benzene rings is 1. The highest BCUT2D eigenvalue weighted by atomic mass is 32.2. The molecule has 1 amide bonds. The van der Waals surface area contributed by atoms with E-state index in [1.165, 1.54) is 22.0 Å². The summed E-state index contributed by atoms with van der Waals surface area (Å²) in [5, 5.41) is 11.4. The van der Waals surface area contributed by atoms with Crippen molar-refractivity contribution in [1.82, 2.24) is 20.2 Å². The first-order valence-corrected chi connectivity index (χ1v) is 8.15. The van der Waals surface area contributed by atoms with Gasteiger partial charge in [-0.05, 0) is 25.8 Å². The van der Waals surface area contributed by atoms with Crippen molar-refractivity contribution in [2.45, 2.75) is 38.4 Å². The monoisotopic (exact) mass is 319 g/mol. The first-order chi connectivity index (χ1) is 10.5. The van der Waals surface area contributed by atoms with Gasteiger partial charge < -0.3 is 11.2 Å². The minimum absolute atomic E-state index is 0.0196. The van der Waals surface area contributed by atoms with Crippen LogP contribution in [0.3, 0.4) is 0 Å². The highest BCUT2D eigenvalue weighted by Gasteiger charge is 2.14. The Morgan fingerprint density at radius 3 is 2.55 bits per heavy atom. The summed E-state index contributed by atoms with van der Waals surface area (Å²) >= 11 is 1.28. The molecule has 118 valence electrons. The van der Waals surface area contributed by atoms with Crippen LogP contribution in [0.1, 0.15) is 36.3 Å². The number of nitrogens with two attached hydrogens (primary N) is 1. The maximum atomic E-state index is 12.1. The second-order valence-electron chi connectivity index (χ2n) is 5.13. The van der Waals surface area contributed by atoms with Crippen LogP contribution in [0.4, 0.5) is 0 Å². The lowest BCUT2D eigenvalue weighted by Gasteiger charge is -2.17. The predicted molar refractivity (Wildman–Crippen MR) is 88.0 cm³/mol. The van der Waals surface area contributed by atoms with E-state index in [0.29, 0.717) is 11.0 Å². The SMILES string of the molecule is CC[C@@H](NC(=O)CSc1nnc(C)n1N)c1ccc(C)cc1. The fourth-order valence-corrected chi connectivity index (χ4v) is 2.75. The van der Waals surface area contributed by atoms with Crippen molar-refractivity contribution in [3.8, 4) is 0 Å². The Morgan fingerprint density at radius 2 is 2.00 bits per heavy atom. The lowest BCUT2D eigenvalue weighted by Crippen LogP contribution is -2.29. The number of carbonyl (C=O) groups is 1. The molecule has 0 aliphatic carbocycles. The van der Waals surface area contributed by atoms with E-state index in [1.807, 2.05) is 6.92 Å². The molecular formula is C15H21N5OS. The third-order valence-corrected chi connectivity index (χ3v) is 4.33. The largest absolute Gasteiger partial charge is 0.349 e. The second kappa shape index (κ2) is 7.31. The summed E-state index contributed by atoms with van der Waals surface area (Å²) in [5.74, 6) is 6.60. The summed E-state index contributed by atoms with van der Waals surface area (Å²) in [6, 6.07) is 8.23. The van der Waals surface area contributed by atoms with Gasteiger partial charge in [-0.3, -0.25) is 4.79 Å². The van der Waals surface area contributed by atoms with Gasteiger partial charge >= 0.3 is 0 Å². The van der Waals surface area contributed by atoms with Crippen molar-refractivity contribution in [1.29, 1.82) is 0 Å². The highest BCUT2D eigenvalue weighted by Crippen LogP contribution is 2.18. The van der Waals surface area contributed by atoms with Gasteiger partial charge in [0.25, 0.3) is 0 Å². The van der Waals surface area contributed by atoms with E-state index >= 15 is 0 Å². The van der Waals surface area contributed by atoms with E-state index in [0.717, 1.165) is 12.0 Å². The number of hydrogen-bond acceptors (Lipinski definition) is 5. The average molecular weight is 319 g/mol. The quantitative estimate of drug-likeness (QED) is 0.628. The molecule has 7 heteroatoms. The number of nitrogens with one attached hydrogen (secondary N) is 1. The highest BCUT2D eigenvalue weighted by molar-refractivity contribution is 7.99. The van der Waals surface area contributed by atoms with Crippen LogP contribution in [0, 0.1) is 13.8 Å². The lowest BCUT2D eigenvalue weighted by atomic mass is 10.0. The van der Waals surface area contributed by atoms with Crippen LogP contribution < -0.4 is 11.2 Å². The average Bonchev–Trinajstić information content (AvgIpc) is 2.83. The fraction of sp³-hybridized carbons (Fsp3) is 0.400. The summed E-state index contributed by atoms with van der Waals surface area (Å²) < 4.78 is 1.38. The molecule has 0 fully saturated rings. The number of hydrogen-bond donors (Lipinski definition) is 2. The first-order valence-electron chi connectivity index (χ1n) is 7.17. The molecular weight excluding hydrogens is 298 g/mol. The molecule has 2 aromatic rings. The van der Waals surface area contributed by atoms with Crippen LogP contribution in [-0.4, -0.2) is 26.5 Å². The number of nitrogens with zero attached hydrogens (tertiary/aromatic N) is 3. The molecule has 0 saturated heterocycles. The van der Waals surface area contributed by atoms with Crippen LogP contribution in [0.25, 0.3) is 0 Å². The van der Waals surface area contributed by atoms with E-state index < -0.39 is 0 Å².